The number of hydrogen-bond donors (Lipinski definition) is 2. The number of rotatable bonds is 9. The van der Waals surface area contributed by atoms with Crippen LogP contribution in [0.5, 0.6) is 0 Å². The summed E-state index contributed by atoms with van der Waals surface area (Å²) in [5.74, 6) is -0.207. The van der Waals surface area contributed by atoms with Gasteiger partial charge in [-0.1, -0.05) is 39.3 Å². The number of nitrogens with two attached hydrogens (primary N) is 1. The second-order valence-corrected chi connectivity index (χ2v) is 8.46. The van der Waals surface area contributed by atoms with Crippen LogP contribution in [0.25, 0.3) is 0 Å². The second kappa shape index (κ2) is 10.3. The Bertz CT molecular complexity index is 671. The average molecular weight is 406 g/mol. The molecule has 2 unspecified atom stereocenters. The van der Waals surface area contributed by atoms with Crippen molar-refractivity contribution in [1.82, 2.24) is 9.62 Å². The Labute approximate surface area is 164 Å². The highest BCUT2D eigenvalue weighted by atomic mass is 35.5. The van der Waals surface area contributed by atoms with Crippen LogP contribution in [0.3, 0.4) is 0 Å². The molecule has 0 aliphatic carbocycles. The number of sulfonamides is 1. The maximum atomic E-state index is 12.5. The molecule has 1 aromatic carbocycles. The monoisotopic (exact) mass is 405 g/mol. The van der Waals surface area contributed by atoms with Crippen LogP contribution in [0, 0.1) is 0 Å². The van der Waals surface area contributed by atoms with E-state index in [4.69, 9.17) is 5.73 Å². The molecule has 0 fully saturated rings. The minimum absolute atomic E-state index is 0. The molecule has 0 spiro atoms. The van der Waals surface area contributed by atoms with E-state index >= 15 is 0 Å². The van der Waals surface area contributed by atoms with Gasteiger partial charge in [-0.25, -0.2) is 8.42 Å². The summed E-state index contributed by atoms with van der Waals surface area (Å²) in [6.45, 7) is 10.0. The first-order valence-electron chi connectivity index (χ1n) is 8.80. The van der Waals surface area contributed by atoms with E-state index in [2.05, 4.69) is 5.32 Å². The number of carbonyl (C=O) groups is 1. The molecule has 0 aliphatic rings. The molecule has 1 aromatic rings. The minimum atomic E-state index is -3.47. The molecule has 26 heavy (non-hydrogen) atoms. The maximum absolute atomic E-state index is 12.5. The fraction of sp³-hybridized carbons (Fsp3) is 0.611. The van der Waals surface area contributed by atoms with Crippen molar-refractivity contribution in [3.05, 3.63) is 29.8 Å². The van der Waals surface area contributed by atoms with Gasteiger partial charge in [-0.15, -0.1) is 12.4 Å². The quantitative estimate of drug-likeness (QED) is 0.660. The normalized spacial score (nSPS) is 15.0. The van der Waals surface area contributed by atoms with Crippen LogP contribution >= 0.6 is 12.4 Å². The average Bonchev–Trinajstić information content (AvgIpc) is 2.55. The number of nitrogens with one attached hydrogen (secondary N) is 1. The van der Waals surface area contributed by atoms with Crippen molar-refractivity contribution in [3.63, 3.8) is 0 Å². The van der Waals surface area contributed by atoms with Gasteiger partial charge in [-0.05, 0) is 38.0 Å². The van der Waals surface area contributed by atoms with E-state index in [1.54, 1.807) is 31.2 Å². The number of hydrogen-bond acceptors (Lipinski definition) is 4. The van der Waals surface area contributed by atoms with Gasteiger partial charge >= 0.3 is 0 Å². The third-order valence-corrected chi connectivity index (χ3v) is 6.42. The van der Waals surface area contributed by atoms with E-state index in [9.17, 15) is 13.2 Å². The maximum Gasteiger partial charge on any atom is 0.243 e. The van der Waals surface area contributed by atoms with Crippen LogP contribution in [-0.2, 0) is 14.8 Å². The van der Waals surface area contributed by atoms with Crippen molar-refractivity contribution in [2.45, 2.75) is 63.9 Å². The lowest BCUT2D eigenvalue weighted by atomic mass is 9.95. The van der Waals surface area contributed by atoms with Gasteiger partial charge in [0.05, 0.1) is 16.5 Å². The summed E-state index contributed by atoms with van der Waals surface area (Å²) in [7, 11) is -3.47. The highest BCUT2D eigenvalue weighted by Gasteiger charge is 2.28. The van der Waals surface area contributed by atoms with Crippen molar-refractivity contribution in [2.24, 2.45) is 5.73 Å². The van der Waals surface area contributed by atoms with Crippen molar-refractivity contribution in [2.75, 3.05) is 13.1 Å². The van der Waals surface area contributed by atoms with E-state index in [1.807, 2.05) is 27.7 Å². The number of amides is 1. The molecule has 0 aromatic heterocycles. The predicted molar refractivity (Wildman–Crippen MR) is 108 cm³/mol. The van der Waals surface area contributed by atoms with Gasteiger partial charge in [-0.3, -0.25) is 4.79 Å². The fourth-order valence-corrected chi connectivity index (χ4v) is 4.18. The Balaban J connectivity index is 0.00000625. The molecular formula is C18H32ClN3O3S. The molecule has 0 saturated carbocycles. The Kier molecular flexibility index (Phi) is 9.80. The minimum Gasteiger partial charge on any atom is -0.348 e. The zero-order valence-electron chi connectivity index (χ0n) is 16.3. The molecule has 0 radical (unpaired) electrons. The highest BCUT2D eigenvalue weighted by Crippen LogP contribution is 2.20. The van der Waals surface area contributed by atoms with E-state index in [-0.39, 0.29) is 29.3 Å². The zero-order chi connectivity index (χ0) is 19.3. The lowest BCUT2D eigenvalue weighted by Gasteiger charge is -2.26. The third-order valence-electron chi connectivity index (χ3n) is 4.36. The van der Waals surface area contributed by atoms with Gasteiger partial charge < -0.3 is 11.1 Å². The number of halogens is 1. The van der Waals surface area contributed by atoms with Crippen molar-refractivity contribution >= 4 is 28.3 Å². The lowest BCUT2D eigenvalue weighted by Crippen LogP contribution is -2.52. The van der Waals surface area contributed by atoms with Gasteiger partial charge in [0.1, 0.15) is 0 Å². The molecule has 3 N–H and O–H groups in total. The Morgan fingerprint density at radius 2 is 1.69 bits per heavy atom. The van der Waals surface area contributed by atoms with Crippen molar-refractivity contribution in [1.29, 1.82) is 0 Å². The first-order chi connectivity index (χ1) is 11.6. The highest BCUT2D eigenvalue weighted by molar-refractivity contribution is 7.89. The first kappa shape index (κ1) is 24.8. The lowest BCUT2D eigenvalue weighted by molar-refractivity contribution is -0.126. The molecule has 2 atom stereocenters. The first-order valence-corrected chi connectivity index (χ1v) is 10.2. The Hall–Kier alpha value is -1.15. The van der Waals surface area contributed by atoms with Crippen LogP contribution in [0.15, 0.2) is 29.2 Å². The number of nitrogens with zero attached hydrogens (tertiary/aromatic N) is 1. The van der Waals surface area contributed by atoms with E-state index in [0.29, 0.717) is 19.5 Å². The van der Waals surface area contributed by atoms with Crippen LogP contribution in [-0.4, -0.2) is 37.3 Å². The molecular weight excluding hydrogens is 374 g/mol. The SMILES string of the molecule is CCCC(C)(N)C(=O)NC(C)c1ccc(S(=O)(=O)N(CC)CC)cc1.Cl. The summed E-state index contributed by atoms with van der Waals surface area (Å²) in [5, 5.41) is 2.90. The van der Waals surface area contributed by atoms with Gasteiger partial charge in [0.2, 0.25) is 15.9 Å². The van der Waals surface area contributed by atoms with E-state index in [1.165, 1.54) is 4.31 Å². The summed E-state index contributed by atoms with van der Waals surface area (Å²) in [6, 6.07) is 6.38. The molecule has 0 saturated heterocycles. The Morgan fingerprint density at radius 3 is 2.12 bits per heavy atom. The van der Waals surface area contributed by atoms with Crippen LogP contribution in [0.1, 0.15) is 59.1 Å². The zero-order valence-corrected chi connectivity index (χ0v) is 17.9. The largest absolute Gasteiger partial charge is 0.348 e. The summed E-state index contributed by atoms with van der Waals surface area (Å²) in [5.41, 5.74) is 5.97. The summed E-state index contributed by atoms with van der Waals surface area (Å²) in [6.07, 6.45) is 1.43. The third kappa shape index (κ3) is 5.94. The summed E-state index contributed by atoms with van der Waals surface area (Å²) < 4.78 is 26.4. The molecule has 150 valence electrons. The molecule has 0 bridgehead atoms. The predicted octanol–water partition coefficient (Wildman–Crippen LogP) is 2.83. The van der Waals surface area contributed by atoms with Crippen LogP contribution in [0.4, 0.5) is 0 Å². The topological polar surface area (TPSA) is 92.5 Å². The molecule has 8 heteroatoms. The molecule has 1 rings (SSSR count). The van der Waals surface area contributed by atoms with Crippen molar-refractivity contribution in [3.8, 4) is 0 Å². The molecule has 1 amide bonds. The molecule has 0 aliphatic heterocycles. The summed E-state index contributed by atoms with van der Waals surface area (Å²) >= 11 is 0. The van der Waals surface area contributed by atoms with Crippen LogP contribution in [0.2, 0.25) is 0 Å². The van der Waals surface area contributed by atoms with E-state index < -0.39 is 15.6 Å². The van der Waals surface area contributed by atoms with Crippen LogP contribution < -0.4 is 11.1 Å². The van der Waals surface area contributed by atoms with Gasteiger partial charge in [0.25, 0.3) is 0 Å². The van der Waals surface area contributed by atoms with Gasteiger partial charge in [0.15, 0.2) is 0 Å². The molecule has 0 heterocycles. The Morgan fingerprint density at radius 1 is 1.19 bits per heavy atom. The van der Waals surface area contributed by atoms with Crippen molar-refractivity contribution < 1.29 is 13.2 Å². The fourth-order valence-electron chi connectivity index (χ4n) is 2.72. The summed E-state index contributed by atoms with van der Waals surface area (Å²) in [4.78, 5) is 12.6. The van der Waals surface area contributed by atoms with Gasteiger partial charge in [-0.2, -0.15) is 4.31 Å². The molecule has 6 nitrogen and oxygen atoms in total. The number of carbonyl (C=O) groups excluding carboxylic acids is 1. The van der Waals surface area contributed by atoms with E-state index in [0.717, 1.165) is 12.0 Å². The standard InChI is InChI=1S/C18H31N3O3S.ClH/c1-6-13-18(5,19)17(22)20-14(4)15-9-11-16(12-10-15)25(23,24)21(7-2)8-3;/h9-12,14H,6-8,13,19H2,1-5H3,(H,20,22);1H. The number of benzene rings is 1. The van der Waals surface area contributed by atoms with Gasteiger partial charge in [0, 0.05) is 13.1 Å². The smallest absolute Gasteiger partial charge is 0.243 e. The second-order valence-electron chi connectivity index (χ2n) is 6.52.